The highest BCUT2D eigenvalue weighted by Crippen LogP contribution is 2.21. The fourth-order valence-electron chi connectivity index (χ4n) is 1.57. The van der Waals surface area contributed by atoms with Gasteiger partial charge in [0.25, 0.3) is 0 Å². The Morgan fingerprint density at radius 3 is 2.65 bits per heavy atom. The molecule has 1 nitrogen and oxygen atoms in total. The Balaban J connectivity index is 1.93. The zero-order valence-corrected chi connectivity index (χ0v) is 12.6. The number of thiophene rings is 1. The molecule has 1 N–H and O–H groups in total. The van der Waals surface area contributed by atoms with Gasteiger partial charge in [-0.2, -0.15) is 0 Å². The molecule has 0 saturated heterocycles. The lowest BCUT2D eigenvalue weighted by Gasteiger charge is -2.13. The number of hydrogen-bond donors (Lipinski definition) is 1. The largest absolute Gasteiger partial charge is 0.305 e. The SMILES string of the molecule is C[C@H](NCc1cc(Br)cs1)c1ccc(Cl)cc1. The smallest absolute Gasteiger partial charge is 0.0406 e. The van der Waals surface area contributed by atoms with Gasteiger partial charge in [0.05, 0.1) is 0 Å². The van der Waals surface area contributed by atoms with Crippen molar-refractivity contribution in [2.24, 2.45) is 0 Å². The molecule has 0 unspecified atom stereocenters. The van der Waals surface area contributed by atoms with Crippen molar-refractivity contribution in [2.45, 2.75) is 19.5 Å². The summed E-state index contributed by atoms with van der Waals surface area (Å²) in [4.78, 5) is 1.33. The van der Waals surface area contributed by atoms with Crippen molar-refractivity contribution in [2.75, 3.05) is 0 Å². The lowest BCUT2D eigenvalue weighted by molar-refractivity contribution is 0.579. The molecular weight excluding hydrogens is 318 g/mol. The highest BCUT2D eigenvalue weighted by molar-refractivity contribution is 9.10. The monoisotopic (exact) mass is 329 g/mol. The van der Waals surface area contributed by atoms with E-state index in [4.69, 9.17) is 11.6 Å². The first-order valence-electron chi connectivity index (χ1n) is 5.37. The molecule has 0 bridgehead atoms. The zero-order valence-electron chi connectivity index (χ0n) is 9.41. The molecule has 90 valence electrons. The number of halogens is 2. The van der Waals surface area contributed by atoms with Crippen molar-refractivity contribution in [3.8, 4) is 0 Å². The summed E-state index contributed by atoms with van der Waals surface area (Å²) < 4.78 is 1.15. The van der Waals surface area contributed by atoms with Gasteiger partial charge in [0, 0.05) is 32.3 Å². The van der Waals surface area contributed by atoms with Crippen LogP contribution in [0.5, 0.6) is 0 Å². The molecule has 0 amide bonds. The predicted molar refractivity (Wildman–Crippen MR) is 78.7 cm³/mol. The summed E-state index contributed by atoms with van der Waals surface area (Å²) in [7, 11) is 0. The first-order chi connectivity index (χ1) is 8.15. The number of benzene rings is 1. The second-order valence-electron chi connectivity index (χ2n) is 3.89. The van der Waals surface area contributed by atoms with Gasteiger partial charge in [-0.3, -0.25) is 0 Å². The maximum absolute atomic E-state index is 5.87. The van der Waals surface area contributed by atoms with Crippen molar-refractivity contribution >= 4 is 38.9 Å². The molecule has 2 rings (SSSR count). The Morgan fingerprint density at radius 2 is 2.06 bits per heavy atom. The molecule has 1 aromatic carbocycles. The fourth-order valence-corrected chi connectivity index (χ4v) is 3.10. The van der Waals surface area contributed by atoms with Gasteiger partial charge in [0.1, 0.15) is 0 Å². The van der Waals surface area contributed by atoms with E-state index >= 15 is 0 Å². The first-order valence-corrected chi connectivity index (χ1v) is 7.42. The number of rotatable bonds is 4. The molecule has 1 aromatic heterocycles. The molecule has 1 atom stereocenters. The van der Waals surface area contributed by atoms with Gasteiger partial charge in [-0.25, -0.2) is 0 Å². The molecule has 4 heteroatoms. The molecular formula is C13H13BrClNS. The van der Waals surface area contributed by atoms with E-state index in [0.29, 0.717) is 6.04 Å². The van der Waals surface area contributed by atoms with Crippen LogP contribution in [0.4, 0.5) is 0 Å². The minimum absolute atomic E-state index is 0.327. The minimum Gasteiger partial charge on any atom is -0.305 e. The standard InChI is InChI=1S/C13H13BrClNS/c1-9(10-2-4-12(15)5-3-10)16-7-13-6-11(14)8-17-13/h2-6,8-9,16H,7H2,1H3/t9-/m0/s1. The Morgan fingerprint density at radius 1 is 1.35 bits per heavy atom. The quantitative estimate of drug-likeness (QED) is 0.830. The van der Waals surface area contributed by atoms with Crippen LogP contribution in [0, 0.1) is 0 Å². The molecule has 0 aliphatic carbocycles. The number of nitrogens with one attached hydrogen (secondary N) is 1. The van der Waals surface area contributed by atoms with E-state index in [9.17, 15) is 0 Å². The molecule has 0 radical (unpaired) electrons. The van der Waals surface area contributed by atoms with Gasteiger partial charge in [-0.05, 0) is 46.6 Å². The summed E-state index contributed by atoms with van der Waals surface area (Å²) >= 11 is 11.1. The summed E-state index contributed by atoms with van der Waals surface area (Å²) in [5.41, 5.74) is 1.25. The van der Waals surface area contributed by atoms with Crippen LogP contribution >= 0.6 is 38.9 Å². The Hall–Kier alpha value is -0.350. The van der Waals surface area contributed by atoms with Crippen LogP contribution in [0.2, 0.25) is 5.02 Å². The van der Waals surface area contributed by atoms with Crippen LogP contribution in [0.15, 0.2) is 40.2 Å². The maximum Gasteiger partial charge on any atom is 0.0406 e. The molecule has 1 heterocycles. The van der Waals surface area contributed by atoms with Crippen LogP contribution in [0.3, 0.4) is 0 Å². The third-order valence-electron chi connectivity index (χ3n) is 2.57. The average molecular weight is 331 g/mol. The van der Waals surface area contributed by atoms with Crippen LogP contribution < -0.4 is 5.32 Å². The van der Waals surface area contributed by atoms with Crippen LogP contribution in [0.25, 0.3) is 0 Å². The van der Waals surface area contributed by atoms with Gasteiger partial charge in [0.2, 0.25) is 0 Å². The molecule has 0 fully saturated rings. The fraction of sp³-hybridized carbons (Fsp3) is 0.231. The molecule has 0 spiro atoms. The van der Waals surface area contributed by atoms with Gasteiger partial charge in [-0.1, -0.05) is 23.7 Å². The van der Waals surface area contributed by atoms with Crippen molar-refractivity contribution < 1.29 is 0 Å². The highest BCUT2D eigenvalue weighted by atomic mass is 79.9. The van der Waals surface area contributed by atoms with Crippen molar-refractivity contribution in [1.82, 2.24) is 5.32 Å². The molecule has 0 aliphatic heterocycles. The highest BCUT2D eigenvalue weighted by Gasteiger charge is 2.05. The number of hydrogen-bond acceptors (Lipinski definition) is 2. The van der Waals surface area contributed by atoms with E-state index in [1.54, 1.807) is 11.3 Å². The summed E-state index contributed by atoms with van der Waals surface area (Å²) in [6, 6.07) is 10.4. The van der Waals surface area contributed by atoms with Gasteiger partial charge >= 0.3 is 0 Å². The molecule has 2 aromatic rings. The summed E-state index contributed by atoms with van der Waals surface area (Å²) in [6.07, 6.45) is 0. The van der Waals surface area contributed by atoms with Gasteiger partial charge in [0.15, 0.2) is 0 Å². The maximum atomic E-state index is 5.87. The summed E-state index contributed by atoms with van der Waals surface area (Å²) in [6.45, 7) is 3.05. The normalized spacial score (nSPS) is 12.6. The second kappa shape index (κ2) is 6.01. The lowest BCUT2D eigenvalue weighted by atomic mass is 10.1. The summed E-state index contributed by atoms with van der Waals surface area (Å²) in [5.74, 6) is 0. The minimum atomic E-state index is 0.327. The lowest BCUT2D eigenvalue weighted by Crippen LogP contribution is -2.17. The van der Waals surface area contributed by atoms with E-state index in [1.807, 2.05) is 12.1 Å². The van der Waals surface area contributed by atoms with Crippen molar-refractivity contribution in [3.63, 3.8) is 0 Å². The molecule has 0 saturated carbocycles. The second-order valence-corrected chi connectivity index (χ2v) is 6.23. The van der Waals surface area contributed by atoms with Crippen molar-refractivity contribution in [3.05, 3.63) is 55.6 Å². The molecule has 17 heavy (non-hydrogen) atoms. The Bertz CT molecular complexity index is 480. The third kappa shape index (κ3) is 3.81. The van der Waals surface area contributed by atoms with Crippen LogP contribution in [0.1, 0.15) is 23.4 Å². The average Bonchev–Trinajstić information content (AvgIpc) is 2.73. The van der Waals surface area contributed by atoms with Crippen LogP contribution in [-0.2, 0) is 6.54 Å². The molecule has 0 aliphatic rings. The zero-order chi connectivity index (χ0) is 12.3. The Kier molecular flexibility index (Phi) is 4.62. The van der Waals surface area contributed by atoms with E-state index < -0.39 is 0 Å². The van der Waals surface area contributed by atoms with Gasteiger partial charge < -0.3 is 5.32 Å². The van der Waals surface area contributed by atoms with E-state index in [0.717, 1.165) is 16.0 Å². The Labute approximate surface area is 119 Å². The summed E-state index contributed by atoms with van der Waals surface area (Å²) in [5, 5.41) is 6.38. The topological polar surface area (TPSA) is 12.0 Å². The van der Waals surface area contributed by atoms with E-state index in [2.05, 4.69) is 51.7 Å². The van der Waals surface area contributed by atoms with E-state index in [1.165, 1.54) is 10.4 Å². The predicted octanol–water partition coefficient (Wildman–Crippen LogP) is 5.01. The first kappa shape index (κ1) is 13.1. The van der Waals surface area contributed by atoms with E-state index in [-0.39, 0.29) is 0 Å². The van der Waals surface area contributed by atoms with Crippen molar-refractivity contribution in [1.29, 1.82) is 0 Å². The van der Waals surface area contributed by atoms with Crippen LogP contribution in [-0.4, -0.2) is 0 Å². The third-order valence-corrected chi connectivity index (χ3v) is 4.52. The van der Waals surface area contributed by atoms with Gasteiger partial charge in [-0.15, -0.1) is 11.3 Å².